The van der Waals surface area contributed by atoms with Crippen LogP contribution in [0.3, 0.4) is 0 Å². The molecule has 0 N–H and O–H groups in total. The molecule has 5 heteroatoms. The zero-order valence-corrected chi connectivity index (χ0v) is 8.01. The Balaban J connectivity index is 2.43. The fourth-order valence-corrected chi connectivity index (χ4v) is 0.775. The van der Waals surface area contributed by atoms with Crippen LogP contribution in [-0.4, -0.2) is 16.4 Å². The number of hydrogen-bond donors (Lipinski definition) is 0. The van der Waals surface area contributed by atoms with Gasteiger partial charge in [-0.3, -0.25) is 4.68 Å². The first kappa shape index (κ1) is 9.42. The largest absolute Gasteiger partial charge is 0.485 e. The third-order valence-electron chi connectivity index (χ3n) is 1.18. The van der Waals surface area contributed by atoms with Crippen molar-refractivity contribution < 1.29 is 4.74 Å². The molecular formula is C7H8Cl2N2O. The fraction of sp³-hybridized carbons (Fsp3) is 0.286. The number of nitrogens with zero attached hydrogens (tertiary/aromatic N) is 2. The predicted molar refractivity (Wildman–Crippen MR) is 48.5 cm³/mol. The summed E-state index contributed by atoms with van der Waals surface area (Å²) >= 11 is 10.9. The van der Waals surface area contributed by atoms with Crippen LogP contribution in [0.1, 0.15) is 0 Å². The van der Waals surface area contributed by atoms with Crippen LogP contribution in [0.15, 0.2) is 23.0 Å². The summed E-state index contributed by atoms with van der Waals surface area (Å²) in [6.07, 6.45) is 3.36. The summed E-state index contributed by atoms with van der Waals surface area (Å²) in [7, 11) is 1.81. The van der Waals surface area contributed by atoms with E-state index in [2.05, 4.69) is 5.10 Å². The molecule has 0 aliphatic rings. The van der Waals surface area contributed by atoms with Gasteiger partial charge in [0, 0.05) is 12.6 Å². The zero-order valence-electron chi connectivity index (χ0n) is 6.50. The Morgan fingerprint density at radius 1 is 1.83 bits per heavy atom. The lowest BCUT2D eigenvalue weighted by atomic mass is 10.6. The molecule has 0 amide bonds. The molecule has 0 unspecified atom stereocenters. The normalized spacial score (nSPS) is 11.8. The third kappa shape index (κ3) is 2.75. The van der Waals surface area contributed by atoms with Crippen molar-refractivity contribution in [1.82, 2.24) is 9.78 Å². The van der Waals surface area contributed by atoms with Gasteiger partial charge in [0.2, 0.25) is 0 Å². The molecule has 1 heterocycles. The quantitative estimate of drug-likeness (QED) is 0.758. The van der Waals surface area contributed by atoms with Crippen molar-refractivity contribution in [3.05, 3.63) is 23.0 Å². The lowest BCUT2D eigenvalue weighted by molar-refractivity contribution is 0.359. The van der Waals surface area contributed by atoms with Crippen molar-refractivity contribution in [2.45, 2.75) is 0 Å². The van der Waals surface area contributed by atoms with E-state index in [0.29, 0.717) is 10.8 Å². The van der Waals surface area contributed by atoms with Crippen molar-refractivity contribution in [1.29, 1.82) is 0 Å². The number of halogens is 2. The second-order valence-electron chi connectivity index (χ2n) is 2.19. The first-order valence-corrected chi connectivity index (χ1v) is 4.10. The molecule has 12 heavy (non-hydrogen) atoms. The molecule has 66 valence electrons. The van der Waals surface area contributed by atoms with E-state index < -0.39 is 0 Å². The molecule has 1 aromatic rings. The Morgan fingerprint density at radius 2 is 2.58 bits per heavy atom. The molecule has 0 radical (unpaired) electrons. The van der Waals surface area contributed by atoms with Crippen LogP contribution in [-0.2, 0) is 7.05 Å². The van der Waals surface area contributed by atoms with Crippen LogP contribution in [0.2, 0.25) is 0 Å². The summed E-state index contributed by atoms with van der Waals surface area (Å²) in [6, 6.07) is 0. The first-order chi connectivity index (χ1) is 5.72. The maximum absolute atomic E-state index is 5.60. The number of aromatic nitrogens is 2. The van der Waals surface area contributed by atoms with Crippen molar-refractivity contribution in [3.63, 3.8) is 0 Å². The Morgan fingerprint density at radius 3 is 3.08 bits per heavy atom. The van der Waals surface area contributed by atoms with Gasteiger partial charge in [-0.05, 0) is 0 Å². The Hall–Kier alpha value is -0.670. The Kier molecular flexibility index (Phi) is 3.44. The van der Waals surface area contributed by atoms with Gasteiger partial charge in [-0.25, -0.2) is 0 Å². The van der Waals surface area contributed by atoms with Gasteiger partial charge in [0.15, 0.2) is 5.75 Å². The zero-order chi connectivity index (χ0) is 8.97. The van der Waals surface area contributed by atoms with Gasteiger partial charge < -0.3 is 4.74 Å². The SMILES string of the molecule is Cn1cc(OC/C(Cl)=C/Cl)cn1. The average Bonchev–Trinajstić information content (AvgIpc) is 2.47. The second-order valence-corrected chi connectivity index (χ2v) is 2.90. The summed E-state index contributed by atoms with van der Waals surface area (Å²) in [5, 5.41) is 4.38. The second kappa shape index (κ2) is 4.38. The summed E-state index contributed by atoms with van der Waals surface area (Å²) in [6.45, 7) is 0.275. The van der Waals surface area contributed by atoms with E-state index >= 15 is 0 Å². The summed E-state index contributed by atoms with van der Waals surface area (Å²) in [5.41, 5.74) is 1.28. The highest BCUT2D eigenvalue weighted by molar-refractivity contribution is 6.36. The highest BCUT2D eigenvalue weighted by Gasteiger charge is 1.97. The topological polar surface area (TPSA) is 27.1 Å². The van der Waals surface area contributed by atoms with Crippen LogP contribution in [0.25, 0.3) is 0 Å². The van der Waals surface area contributed by atoms with E-state index in [-0.39, 0.29) is 6.61 Å². The van der Waals surface area contributed by atoms with Crippen LogP contribution in [0, 0.1) is 0 Å². The van der Waals surface area contributed by atoms with Crippen LogP contribution >= 0.6 is 23.2 Å². The molecule has 0 saturated heterocycles. The van der Waals surface area contributed by atoms with Gasteiger partial charge in [0.1, 0.15) is 6.61 Å². The number of ether oxygens (including phenoxy) is 1. The molecule has 0 aromatic carbocycles. The molecule has 0 aliphatic carbocycles. The summed E-state index contributed by atoms with van der Waals surface area (Å²) in [5.74, 6) is 0.675. The first-order valence-electron chi connectivity index (χ1n) is 3.28. The molecule has 3 nitrogen and oxygen atoms in total. The summed E-state index contributed by atoms with van der Waals surface area (Å²) < 4.78 is 6.86. The molecular weight excluding hydrogens is 199 g/mol. The van der Waals surface area contributed by atoms with E-state index in [0.717, 1.165) is 0 Å². The Bertz CT molecular complexity index is 283. The minimum Gasteiger partial charge on any atom is -0.485 e. The van der Waals surface area contributed by atoms with Crippen LogP contribution < -0.4 is 4.74 Å². The van der Waals surface area contributed by atoms with Gasteiger partial charge in [-0.2, -0.15) is 5.10 Å². The molecule has 0 spiro atoms. The molecule has 0 bridgehead atoms. The molecule has 0 saturated carbocycles. The maximum atomic E-state index is 5.60. The van der Waals surface area contributed by atoms with Crippen molar-refractivity contribution in [2.75, 3.05) is 6.61 Å². The molecule has 1 rings (SSSR count). The molecule has 0 aliphatic heterocycles. The third-order valence-corrected chi connectivity index (χ3v) is 1.77. The lowest BCUT2D eigenvalue weighted by Gasteiger charge is -1.99. The van der Waals surface area contributed by atoms with E-state index in [9.17, 15) is 0 Å². The molecule has 0 fully saturated rings. The highest BCUT2D eigenvalue weighted by Crippen LogP contribution is 2.10. The summed E-state index contributed by atoms with van der Waals surface area (Å²) in [4.78, 5) is 0. The van der Waals surface area contributed by atoms with Gasteiger partial charge in [-0.1, -0.05) is 23.2 Å². The fourth-order valence-electron chi connectivity index (χ4n) is 0.657. The standard InChI is InChI=1S/C7H8Cl2N2O/c1-11-4-7(3-10-11)12-5-6(9)2-8/h2-4H,5H2,1H3/b6-2-. The highest BCUT2D eigenvalue weighted by atomic mass is 35.5. The van der Waals surface area contributed by atoms with E-state index in [1.54, 1.807) is 17.1 Å². The minimum atomic E-state index is 0.275. The number of hydrogen-bond acceptors (Lipinski definition) is 2. The minimum absolute atomic E-state index is 0.275. The lowest BCUT2D eigenvalue weighted by Crippen LogP contribution is -1.95. The predicted octanol–water partition coefficient (Wildman–Crippen LogP) is 2.12. The van der Waals surface area contributed by atoms with Crippen molar-refractivity contribution in [2.24, 2.45) is 7.05 Å². The van der Waals surface area contributed by atoms with Crippen molar-refractivity contribution >= 4 is 23.2 Å². The molecule has 0 atom stereocenters. The van der Waals surface area contributed by atoms with Gasteiger partial charge >= 0.3 is 0 Å². The monoisotopic (exact) mass is 206 g/mol. The molecule has 1 aromatic heterocycles. The average molecular weight is 207 g/mol. The van der Waals surface area contributed by atoms with Gasteiger partial charge in [-0.15, -0.1) is 0 Å². The Labute approximate surface area is 80.5 Å². The smallest absolute Gasteiger partial charge is 0.157 e. The number of aryl methyl sites for hydroxylation is 1. The van der Waals surface area contributed by atoms with E-state index in [1.807, 2.05) is 7.05 Å². The van der Waals surface area contributed by atoms with Crippen LogP contribution in [0.4, 0.5) is 0 Å². The van der Waals surface area contributed by atoms with E-state index in [4.69, 9.17) is 27.9 Å². The van der Waals surface area contributed by atoms with Crippen molar-refractivity contribution in [3.8, 4) is 5.75 Å². The van der Waals surface area contributed by atoms with Gasteiger partial charge in [0.25, 0.3) is 0 Å². The van der Waals surface area contributed by atoms with Crippen LogP contribution in [0.5, 0.6) is 5.75 Å². The maximum Gasteiger partial charge on any atom is 0.157 e. The van der Waals surface area contributed by atoms with Gasteiger partial charge in [0.05, 0.1) is 17.4 Å². The number of rotatable bonds is 3. The van der Waals surface area contributed by atoms with E-state index in [1.165, 1.54) is 5.54 Å².